The first kappa shape index (κ1) is 7.43. The lowest BCUT2D eigenvalue weighted by Gasteiger charge is -2.07. The summed E-state index contributed by atoms with van der Waals surface area (Å²) in [5.74, 6) is 0.780. The Balaban J connectivity index is 2.16. The molecule has 1 heteroatoms. The number of hydrogen-bond donors (Lipinski definition) is 1. The van der Waals surface area contributed by atoms with Gasteiger partial charge in [0.25, 0.3) is 0 Å². The minimum atomic E-state index is 0.780. The summed E-state index contributed by atoms with van der Waals surface area (Å²) in [5.41, 5.74) is 6.13. The highest BCUT2D eigenvalue weighted by Crippen LogP contribution is 2.37. The minimum absolute atomic E-state index is 0.780. The first-order chi connectivity index (χ1) is 6.34. The number of nitrogens with one attached hydrogen (secondary N) is 1. The Bertz CT molecular complexity index is 354. The van der Waals surface area contributed by atoms with Crippen molar-refractivity contribution in [2.75, 3.05) is 11.9 Å². The van der Waals surface area contributed by atoms with Crippen LogP contribution in [0, 0.1) is 0 Å². The van der Waals surface area contributed by atoms with Gasteiger partial charge in [0.05, 0.1) is 0 Å². The molecule has 0 unspecified atom stereocenters. The smallest absolute Gasteiger partial charge is 0.0376 e. The molecule has 0 radical (unpaired) electrons. The molecule has 3 rings (SSSR count). The van der Waals surface area contributed by atoms with Crippen LogP contribution >= 0.6 is 0 Å². The molecule has 0 aromatic heterocycles. The molecule has 0 saturated carbocycles. The van der Waals surface area contributed by atoms with Crippen LogP contribution < -0.4 is 5.32 Å². The summed E-state index contributed by atoms with van der Waals surface area (Å²) in [5, 5.41) is 3.45. The molecular weight excluding hydrogens is 158 g/mol. The molecule has 0 fully saturated rings. The second kappa shape index (κ2) is 2.50. The van der Waals surface area contributed by atoms with Gasteiger partial charge in [0.2, 0.25) is 0 Å². The van der Waals surface area contributed by atoms with Crippen molar-refractivity contribution in [1.82, 2.24) is 0 Å². The van der Waals surface area contributed by atoms with Crippen molar-refractivity contribution in [2.24, 2.45) is 0 Å². The van der Waals surface area contributed by atoms with Crippen LogP contribution in [-0.4, -0.2) is 6.54 Å². The third-order valence-corrected chi connectivity index (χ3v) is 3.45. The van der Waals surface area contributed by atoms with Crippen molar-refractivity contribution in [1.29, 1.82) is 0 Å². The average molecular weight is 173 g/mol. The summed E-state index contributed by atoms with van der Waals surface area (Å²) < 4.78 is 0. The van der Waals surface area contributed by atoms with E-state index in [1.54, 1.807) is 11.1 Å². The Hall–Kier alpha value is -0.980. The van der Waals surface area contributed by atoms with Crippen molar-refractivity contribution in [3.05, 3.63) is 28.8 Å². The molecule has 0 bridgehead atoms. The Labute approximate surface area is 79.2 Å². The Morgan fingerprint density at radius 1 is 1.23 bits per heavy atom. The van der Waals surface area contributed by atoms with Gasteiger partial charge in [-0.1, -0.05) is 13.0 Å². The lowest BCUT2D eigenvalue weighted by molar-refractivity contribution is 0.747. The molecule has 1 aliphatic carbocycles. The second-order valence-corrected chi connectivity index (χ2v) is 4.32. The molecular formula is C12H15N. The van der Waals surface area contributed by atoms with E-state index in [0.29, 0.717) is 0 Å². The lowest BCUT2D eigenvalue weighted by atomic mass is 10.00. The molecule has 1 aromatic carbocycles. The van der Waals surface area contributed by atoms with Crippen LogP contribution in [0.4, 0.5) is 5.69 Å². The molecule has 1 aliphatic heterocycles. The molecule has 1 atom stereocenters. The zero-order valence-electron chi connectivity index (χ0n) is 8.06. The van der Waals surface area contributed by atoms with Gasteiger partial charge < -0.3 is 5.32 Å². The molecule has 13 heavy (non-hydrogen) atoms. The van der Waals surface area contributed by atoms with Gasteiger partial charge in [-0.25, -0.2) is 0 Å². The van der Waals surface area contributed by atoms with Crippen LogP contribution in [0.3, 0.4) is 0 Å². The van der Waals surface area contributed by atoms with E-state index < -0.39 is 0 Å². The summed E-state index contributed by atoms with van der Waals surface area (Å²) in [6.07, 6.45) is 3.86. The van der Waals surface area contributed by atoms with Crippen LogP contribution in [0.25, 0.3) is 0 Å². The van der Waals surface area contributed by atoms with Gasteiger partial charge in [0, 0.05) is 12.2 Å². The molecule has 0 amide bonds. The van der Waals surface area contributed by atoms with Crippen LogP contribution in [0.1, 0.15) is 36.0 Å². The number of aryl methyl sites for hydroxylation is 1. The molecule has 1 aromatic rings. The minimum Gasteiger partial charge on any atom is -0.384 e. The zero-order chi connectivity index (χ0) is 8.84. The summed E-state index contributed by atoms with van der Waals surface area (Å²) in [4.78, 5) is 0. The fourth-order valence-electron chi connectivity index (χ4n) is 2.62. The van der Waals surface area contributed by atoms with Crippen LogP contribution in [-0.2, 0) is 12.8 Å². The second-order valence-electron chi connectivity index (χ2n) is 4.32. The largest absolute Gasteiger partial charge is 0.384 e. The molecule has 68 valence electrons. The molecule has 1 N–H and O–H groups in total. The molecule has 1 nitrogen and oxygen atoms in total. The van der Waals surface area contributed by atoms with Gasteiger partial charge in [-0.15, -0.1) is 0 Å². The van der Waals surface area contributed by atoms with Crippen molar-refractivity contribution in [2.45, 2.75) is 32.1 Å². The highest BCUT2D eigenvalue weighted by Gasteiger charge is 2.21. The van der Waals surface area contributed by atoms with Gasteiger partial charge >= 0.3 is 0 Å². The summed E-state index contributed by atoms with van der Waals surface area (Å²) in [6.45, 7) is 3.47. The first-order valence-electron chi connectivity index (χ1n) is 5.24. The van der Waals surface area contributed by atoms with Crippen molar-refractivity contribution < 1.29 is 0 Å². The molecule has 0 spiro atoms. The monoisotopic (exact) mass is 173 g/mol. The Morgan fingerprint density at radius 3 is 3.08 bits per heavy atom. The summed E-state index contributed by atoms with van der Waals surface area (Å²) in [6, 6.07) is 4.81. The lowest BCUT2D eigenvalue weighted by Crippen LogP contribution is -1.92. The summed E-state index contributed by atoms with van der Waals surface area (Å²) in [7, 11) is 0. The van der Waals surface area contributed by atoms with Crippen molar-refractivity contribution in [3.63, 3.8) is 0 Å². The van der Waals surface area contributed by atoms with E-state index >= 15 is 0 Å². The molecule has 2 aliphatic rings. The van der Waals surface area contributed by atoms with Crippen LogP contribution in [0.15, 0.2) is 12.1 Å². The van der Waals surface area contributed by atoms with E-state index in [9.17, 15) is 0 Å². The number of hydrogen-bond acceptors (Lipinski definition) is 1. The van der Waals surface area contributed by atoms with E-state index in [2.05, 4.69) is 24.4 Å². The van der Waals surface area contributed by atoms with Crippen LogP contribution in [0.5, 0.6) is 0 Å². The normalized spacial score (nSPS) is 23.9. The standard InChI is InChI=1S/C12H15N/c1-8-2-3-9-6-10-4-5-13-12(10)7-11(8)9/h6-8,13H,2-5H2,1H3/t8-/m0/s1. The van der Waals surface area contributed by atoms with E-state index in [0.717, 1.165) is 12.5 Å². The fourth-order valence-corrected chi connectivity index (χ4v) is 2.62. The van der Waals surface area contributed by atoms with Gasteiger partial charge in [0.15, 0.2) is 0 Å². The van der Waals surface area contributed by atoms with Gasteiger partial charge in [0.1, 0.15) is 0 Å². The van der Waals surface area contributed by atoms with Crippen molar-refractivity contribution in [3.8, 4) is 0 Å². The maximum absolute atomic E-state index is 3.45. The SMILES string of the molecule is C[C@H]1CCc2cc3c(cc21)NCC3. The van der Waals surface area contributed by atoms with E-state index in [4.69, 9.17) is 0 Å². The average Bonchev–Trinajstić information content (AvgIpc) is 2.70. The number of anilines is 1. The highest BCUT2D eigenvalue weighted by molar-refractivity contribution is 5.60. The van der Waals surface area contributed by atoms with Gasteiger partial charge in [-0.3, -0.25) is 0 Å². The number of benzene rings is 1. The quantitative estimate of drug-likeness (QED) is 0.636. The third-order valence-electron chi connectivity index (χ3n) is 3.45. The molecule has 0 saturated heterocycles. The van der Waals surface area contributed by atoms with Crippen LogP contribution in [0.2, 0.25) is 0 Å². The highest BCUT2D eigenvalue weighted by atomic mass is 14.9. The zero-order valence-corrected chi connectivity index (χ0v) is 8.06. The fraction of sp³-hybridized carbons (Fsp3) is 0.500. The number of rotatable bonds is 0. The van der Waals surface area contributed by atoms with E-state index in [-0.39, 0.29) is 0 Å². The predicted molar refractivity (Wildman–Crippen MR) is 55.4 cm³/mol. The Kier molecular flexibility index (Phi) is 1.43. The maximum atomic E-state index is 3.45. The first-order valence-corrected chi connectivity index (χ1v) is 5.24. The predicted octanol–water partition coefficient (Wildman–Crippen LogP) is 2.70. The maximum Gasteiger partial charge on any atom is 0.0376 e. The van der Waals surface area contributed by atoms with E-state index in [1.165, 1.54) is 30.5 Å². The van der Waals surface area contributed by atoms with Crippen molar-refractivity contribution >= 4 is 5.69 Å². The number of fused-ring (bicyclic) bond motifs is 2. The third kappa shape index (κ3) is 0.995. The van der Waals surface area contributed by atoms with Gasteiger partial charge in [-0.05, 0) is 47.9 Å². The molecule has 1 heterocycles. The Morgan fingerprint density at radius 2 is 2.15 bits per heavy atom. The van der Waals surface area contributed by atoms with Gasteiger partial charge in [-0.2, -0.15) is 0 Å². The van der Waals surface area contributed by atoms with E-state index in [1.807, 2.05) is 0 Å². The summed E-state index contributed by atoms with van der Waals surface area (Å²) >= 11 is 0. The topological polar surface area (TPSA) is 12.0 Å².